The number of aliphatic carboxylic acids is 1. The molecule has 0 aromatic rings. The Morgan fingerprint density at radius 2 is 1.75 bits per heavy atom. The molecule has 4 rings (SSSR count). The minimum absolute atomic E-state index is 0.0159. The Balaban J connectivity index is 1.34. The number of carboxylic acid groups (broad SMARTS) is 1. The predicted octanol–water partition coefficient (Wildman–Crippen LogP) is -0.263. The summed E-state index contributed by atoms with van der Waals surface area (Å²) in [6.07, 6.45) is 3.54. The number of nitrogens with one attached hydrogen (secondary N) is 1. The average Bonchev–Trinajstić information content (AvgIpc) is 3.40. The molecule has 9 heteroatoms. The molecule has 3 aliphatic heterocycles. The molecule has 4 fully saturated rings. The number of carboxylic acids is 1. The number of hydrogen-bond acceptors (Lipinski definition) is 5. The van der Waals surface area contributed by atoms with E-state index in [4.69, 9.17) is 9.84 Å². The van der Waals surface area contributed by atoms with Gasteiger partial charge in [0.2, 0.25) is 17.7 Å². The van der Waals surface area contributed by atoms with Gasteiger partial charge < -0.3 is 25.0 Å². The Bertz CT molecular complexity index is 679. The minimum atomic E-state index is -1.02. The standard InChI is InChI=1S/C19H27N3O6/c23-16(3-4-17(24)25)20-12-5-6-21-14(7-12)19(27)22-9-13(8-15(22)18(21)26)28-10-11-1-2-11/h11-15H,1-10H2,(H,20,23)(H,24,25). The second-order valence-corrected chi connectivity index (χ2v) is 8.37. The molecule has 2 N–H and O–H groups in total. The van der Waals surface area contributed by atoms with E-state index in [0.29, 0.717) is 44.9 Å². The maximum absolute atomic E-state index is 13.0. The van der Waals surface area contributed by atoms with Gasteiger partial charge in [-0.2, -0.15) is 0 Å². The number of ether oxygens (including phenoxy) is 1. The fourth-order valence-electron chi connectivity index (χ4n) is 4.45. The number of hydrogen-bond donors (Lipinski definition) is 2. The molecular weight excluding hydrogens is 366 g/mol. The summed E-state index contributed by atoms with van der Waals surface area (Å²) >= 11 is 0. The summed E-state index contributed by atoms with van der Waals surface area (Å²) < 4.78 is 5.92. The molecule has 0 aromatic carbocycles. The molecule has 154 valence electrons. The van der Waals surface area contributed by atoms with Crippen molar-refractivity contribution in [2.24, 2.45) is 5.92 Å². The molecule has 3 heterocycles. The van der Waals surface area contributed by atoms with Crippen molar-refractivity contribution in [1.82, 2.24) is 15.1 Å². The summed E-state index contributed by atoms with van der Waals surface area (Å²) in [5, 5.41) is 11.5. The van der Waals surface area contributed by atoms with Gasteiger partial charge in [0, 0.05) is 38.6 Å². The lowest BCUT2D eigenvalue weighted by molar-refractivity contribution is -0.162. The van der Waals surface area contributed by atoms with E-state index < -0.39 is 18.1 Å². The van der Waals surface area contributed by atoms with Crippen LogP contribution in [-0.2, 0) is 23.9 Å². The van der Waals surface area contributed by atoms with E-state index in [2.05, 4.69) is 5.32 Å². The average molecular weight is 393 g/mol. The number of piperazine rings is 1. The van der Waals surface area contributed by atoms with Crippen LogP contribution in [0.1, 0.15) is 44.9 Å². The third kappa shape index (κ3) is 3.99. The van der Waals surface area contributed by atoms with E-state index in [1.807, 2.05) is 0 Å². The fraction of sp³-hybridized carbons (Fsp3) is 0.789. The molecule has 28 heavy (non-hydrogen) atoms. The molecule has 0 spiro atoms. The van der Waals surface area contributed by atoms with Crippen molar-refractivity contribution in [2.45, 2.75) is 69.2 Å². The molecule has 0 radical (unpaired) electrons. The lowest BCUT2D eigenvalue weighted by Crippen LogP contribution is -2.66. The first-order chi connectivity index (χ1) is 13.4. The van der Waals surface area contributed by atoms with Crippen LogP contribution < -0.4 is 5.32 Å². The predicted molar refractivity (Wildman–Crippen MR) is 96.1 cm³/mol. The van der Waals surface area contributed by atoms with Crippen LogP contribution in [0, 0.1) is 5.92 Å². The number of amides is 3. The van der Waals surface area contributed by atoms with Crippen LogP contribution in [0.2, 0.25) is 0 Å². The van der Waals surface area contributed by atoms with Crippen LogP contribution in [0.25, 0.3) is 0 Å². The number of carbonyl (C=O) groups is 4. The summed E-state index contributed by atoms with van der Waals surface area (Å²) in [6.45, 7) is 1.60. The molecule has 3 saturated heterocycles. The molecule has 0 aromatic heterocycles. The first-order valence-corrected chi connectivity index (χ1v) is 10.2. The highest BCUT2D eigenvalue weighted by atomic mass is 16.5. The molecule has 4 aliphatic rings. The molecule has 1 saturated carbocycles. The van der Waals surface area contributed by atoms with E-state index in [0.717, 1.165) is 0 Å². The van der Waals surface area contributed by atoms with Crippen LogP contribution in [0.15, 0.2) is 0 Å². The first-order valence-electron chi connectivity index (χ1n) is 10.2. The van der Waals surface area contributed by atoms with Crippen LogP contribution in [-0.4, -0.2) is 82.5 Å². The summed E-state index contributed by atoms with van der Waals surface area (Å²) in [7, 11) is 0. The number of nitrogens with zero attached hydrogens (tertiary/aromatic N) is 2. The van der Waals surface area contributed by atoms with E-state index >= 15 is 0 Å². The van der Waals surface area contributed by atoms with Crippen molar-refractivity contribution in [3.8, 4) is 0 Å². The fourth-order valence-corrected chi connectivity index (χ4v) is 4.45. The summed E-state index contributed by atoms with van der Waals surface area (Å²) in [6, 6.07) is -1.19. The van der Waals surface area contributed by atoms with Gasteiger partial charge in [-0.1, -0.05) is 0 Å². The molecular formula is C19H27N3O6. The highest BCUT2D eigenvalue weighted by Crippen LogP contribution is 2.34. The van der Waals surface area contributed by atoms with Gasteiger partial charge in [0.25, 0.3) is 0 Å². The van der Waals surface area contributed by atoms with Gasteiger partial charge >= 0.3 is 5.97 Å². The first kappa shape index (κ1) is 19.2. The Kier molecular flexibility index (Phi) is 5.27. The third-order valence-corrected chi connectivity index (χ3v) is 6.20. The van der Waals surface area contributed by atoms with Crippen molar-refractivity contribution in [3.05, 3.63) is 0 Å². The minimum Gasteiger partial charge on any atom is -0.481 e. The van der Waals surface area contributed by atoms with Crippen LogP contribution in [0.3, 0.4) is 0 Å². The Morgan fingerprint density at radius 3 is 2.46 bits per heavy atom. The Labute approximate surface area is 163 Å². The van der Waals surface area contributed by atoms with Crippen molar-refractivity contribution in [2.75, 3.05) is 19.7 Å². The lowest BCUT2D eigenvalue weighted by atomic mass is 9.92. The van der Waals surface area contributed by atoms with E-state index in [1.165, 1.54) is 12.8 Å². The monoisotopic (exact) mass is 393 g/mol. The smallest absolute Gasteiger partial charge is 0.303 e. The van der Waals surface area contributed by atoms with Crippen molar-refractivity contribution in [3.63, 3.8) is 0 Å². The SMILES string of the molecule is O=C(O)CCC(=O)NC1CCN2C(=O)C3CC(OCC4CC4)CN3C(=O)C2C1. The zero-order valence-electron chi connectivity index (χ0n) is 15.8. The van der Waals surface area contributed by atoms with Gasteiger partial charge in [-0.3, -0.25) is 19.2 Å². The maximum atomic E-state index is 13.0. The van der Waals surface area contributed by atoms with Crippen LogP contribution in [0.5, 0.6) is 0 Å². The normalized spacial score (nSPS) is 32.1. The van der Waals surface area contributed by atoms with Crippen molar-refractivity contribution < 1.29 is 29.0 Å². The lowest BCUT2D eigenvalue weighted by Gasteiger charge is -2.46. The van der Waals surface area contributed by atoms with Gasteiger partial charge in [0.1, 0.15) is 12.1 Å². The highest BCUT2D eigenvalue weighted by Gasteiger charge is 2.52. The summed E-state index contributed by atoms with van der Waals surface area (Å²) in [5.74, 6) is -0.787. The highest BCUT2D eigenvalue weighted by molar-refractivity contribution is 5.98. The van der Waals surface area contributed by atoms with Gasteiger partial charge in [-0.15, -0.1) is 0 Å². The van der Waals surface area contributed by atoms with Crippen molar-refractivity contribution in [1.29, 1.82) is 0 Å². The topological polar surface area (TPSA) is 116 Å². The van der Waals surface area contributed by atoms with E-state index in [9.17, 15) is 19.2 Å². The summed E-state index contributed by atoms with van der Waals surface area (Å²) in [4.78, 5) is 51.8. The molecule has 4 unspecified atom stereocenters. The number of piperidine rings is 1. The summed E-state index contributed by atoms with van der Waals surface area (Å²) in [5.41, 5.74) is 0. The van der Waals surface area contributed by atoms with Gasteiger partial charge in [-0.25, -0.2) is 0 Å². The van der Waals surface area contributed by atoms with E-state index in [-0.39, 0.29) is 42.7 Å². The maximum Gasteiger partial charge on any atom is 0.303 e. The zero-order valence-corrected chi connectivity index (χ0v) is 15.8. The van der Waals surface area contributed by atoms with Crippen LogP contribution in [0.4, 0.5) is 0 Å². The van der Waals surface area contributed by atoms with Crippen LogP contribution >= 0.6 is 0 Å². The number of fused-ring (bicyclic) bond motifs is 2. The number of carbonyl (C=O) groups excluding carboxylic acids is 3. The third-order valence-electron chi connectivity index (χ3n) is 6.20. The quantitative estimate of drug-likeness (QED) is 0.615. The van der Waals surface area contributed by atoms with E-state index in [1.54, 1.807) is 9.80 Å². The Morgan fingerprint density at radius 1 is 1.04 bits per heavy atom. The van der Waals surface area contributed by atoms with Gasteiger partial charge in [0.15, 0.2) is 0 Å². The molecule has 9 nitrogen and oxygen atoms in total. The molecule has 3 amide bonds. The second-order valence-electron chi connectivity index (χ2n) is 8.37. The van der Waals surface area contributed by atoms with Gasteiger partial charge in [0.05, 0.1) is 12.5 Å². The number of rotatable bonds is 7. The molecule has 4 atom stereocenters. The molecule has 1 aliphatic carbocycles. The molecule has 0 bridgehead atoms. The largest absolute Gasteiger partial charge is 0.481 e. The zero-order chi connectivity index (χ0) is 19.8. The second kappa shape index (κ2) is 7.69. The Hall–Kier alpha value is -2.16. The van der Waals surface area contributed by atoms with Crippen molar-refractivity contribution >= 4 is 23.7 Å². The van der Waals surface area contributed by atoms with Gasteiger partial charge in [-0.05, 0) is 31.6 Å².